The maximum Gasteiger partial charge on any atom is 0.435 e. The number of rotatable bonds is 6. The molecule has 6 nitrogen and oxygen atoms in total. The van der Waals surface area contributed by atoms with Crippen LogP contribution >= 0.6 is 22.9 Å². The summed E-state index contributed by atoms with van der Waals surface area (Å²) in [7, 11) is 0. The van der Waals surface area contributed by atoms with E-state index in [1.54, 1.807) is 17.5 Å². The van der Waals surface area contributed by atoms with Crippen LogP contribution in [0.4, 0.5) is 23.2 Å². The van der Waals surface area contributed by atoms with Crippen LogP contribution in [0.2, 0.25) is 5.02 Å². The number of halogens is 5. The van der Waals surface area contributed by atoms with Gasteiger partial charge in [-0.1, -0.05) is 17.7 Å². The van der Waals surface area contributed by atoms with Crippen molar-refractivity contribution in [3.8, 4) is 0 Å². The largest absolute Gasteiger partial charge is 0.435 e. The fourth-order valence-electron chi connectivity index (χ4n) is 2.92. The molecule has 0 aliphatic rings. The molecule has 0 aliphatic carbocycles. The Morgan fingerprint density at radius 2 is 2.00 bits per heavy atom. The van der Waals surface area contributed by atoms with Crippen molar-refractivity contribution in [3.05, 3.63) is 86.8 Å². The van der Waals surface area contributed by atoms with E-state index in [-0.39, 0.29) is 23.7 Å². The lowest BCUT2D eigenvalue weighted by Crippen LogP contribution is -2.10. The number of alkyl halides is 3. The summed E-state index contributed by atoms with van der Waals surface area (Å²) in [5.41, 5.74) is 0.353. The number of hydrogen-bond acceptors (Lipinski definition) is 4. The van der Waals surface area contributed by atoms with E-state index in [0.29, 0.717) is 16.1 Å². The zero-order chi connectivity index (χ0) is 22.9. The van der Waals surface area contributed by atoms with Gasteiger partial charge in [0.05, 0.1) is 29.9 Å². The molecule has 0 aliphatic heterocycles. The molecule has 3 heterocycles. The maximum absolute atomic E-state index is 13.9. The summed E-state index contributed by atoms with van der Waals surface area (Å²) in [5.74, 6) is -0.856. The van der Waals surface area contributed by atoms with Crippen LogP contribution in [0.3, 0.4) is 0 Å². The summed E-state index contributed by atoms with van der Waals surface area (Å²) >= 11 is 7.18. The molecule has 3 aromatic heterocycles. The van der Waals surface area contributed by atoms with Gasteiger partial charge < -0.3 is 5.32 Å². The Morgan fingerprint density at radius 3 is 2.72 bits per heavy atom. The van der Waals surface area contributed by atoms with E-state index >= 15 is 0 Å². The molecule has 1 N–H and O–H groups in total. The Morgan fingerprint density at radius 1 is 1.19 bits per heavy atom. The molecule has 0 saturated heterocycles. The van der Waals surface area contributed by atoms with Gasteiger partial charge in [-0.25, -0.2) is 4.39 Å². The zero-order valence-electron chi connectivity index (χ0n) is 16.1. The summed E-state index contributed by atoms with van der Waals surface area (Å²) in [6, 6.07) is 6.86. The highest BCUT2D eigenvalue weighted by Gasteiger charge is 2.33. The minimum Gasteiger partial charge on any atom is -0.319 e. The number of thiophene rings is 1. The van der Waals surface area contributed by atoms with Gasteiger partial charge in [-0.15, -0.1) is 11.3 Å². The molecule has 0 spiro atoms. The predicted molar refractivity (Wildman–Crippen MR) is 111 cm³/mol. The third kappa shape index (κ3) is 5.00. The highest BCUT2D eigenvalue weighted by molar-refractivity contribution is 7.12. The first-order valence-electron chi connectivity index (χ1n) is 9.14. The van der Waals surface area contributed by atoms with Crippen molar-refractivity contribution in [2.75, 3.05) is 5.32 Å². The summed E-state index contributed by atoms with van der Waals surface area (Å²) in [5, 5.41) is 12.2. The lowest BCUT2D eigenvalue weighted by molar-refractivity contribution is -0.141. The van der Waals surface area contributed by atoms with Crippen LogP contribution in [0.15, 0.2) is 54.3 Å². The van der Waals surface area contributed by atoms with Gasteiger partial charge in [-0.05, 0) is 35.2 Å². The van der Waals surface area contributed by atoms with Gasteiger partial charge in [-0.3, -0.25) is 14.2 Å². The molecule has 0 fully saturated rings. The van der Waals surface area contributed by atoms with Gasteiger partial charge in [0, 0.05) is 23.0 Å². The first-order chi connectivity index (χ1) is 15.2. The van der Waals surface area contributed by atoms with E-state index in [0.717, 1.165) is 22.1 Å². The minimum absolute atomic E-state index is 0.0916. The van der Waals surface area contributed by atoms with Gasteiger partial charge in [0.2, 0.25) is 0 Å². The van der Waals surface area contributed by atoms with Gasteiger partial charge in [0.25, 0.3) is 5.91 Å². The molecule has 0 unspecified atom stereocenters. The molecule has 1 aromatic carbocycles. The standard InChI is InChI=1S/C20H14ClF4N5OS/c21-15-2-1-3-16(22)14(15)10-30-9-13(7-26-30)27-19(31)17-6-12(11-32-17)8-29-5-4-18(28-29)20(23,24)25/h1-7,9,11H,8,10H2,(H,27,31). The summed E-state index contributed by atoms with van der Waals surface area (Å²) in [4.78, 5) is 12.9. The van der Waals surface area contributed by atoms with Crippen molar-refractivity contribution in [3.63, 3.8) is 0 Å². The highest BCUT2D eigenvalue weighted by Crippen LogP contribution is 2.27. The second-order valence-corrected chi connectivity index (χ2v) is 8.11. The molecule has 0 radical (unpaired) electrons. The van der Waals surface area contributed by atoms with Gasteiger partial charge in [0.15, 0.2) is 5.69 Å². The number of hydrogen-bond donors (Lipinski definition) is 1. The van der Waals surface area contributed by atoms with E-state index in [9.17, 15) is 22.4 Å². The molecule has 4 aromatic rings. The van der Waals surface area contributed by atoms with Gasteiger partial charge in [-0.2, -0.15) is 23.4 Å². The number of carbonyl (C=O) groups excluding carboxylic acids is 1. The third-order valence-corrected chi connectivity index (χ3v) is 5.76. The molecule has 12 heteroatoms. The summed E-state index contributed by atoms with van der Waals surface area (Å²) in [6.07, 6.45) is -0.315. The molecular weight excluding hydrogens is 470 g/mol. The number of carbonyl (C=O) groups is 1. The van der Waals surface area contributed by atoms with Crippen LogP contribution in [0, 0.1) is 5.82 Å². The second kappa shape index (κ2) is 8.75. The average Bonchev–Trinajstić information content (AvgIpc) is 3.46. The molecule has 4 rings (SSSR count). The Kier molecular flexibility index (Phi) is 6.02. The molecule has 32 heavy (non-hydrogen) atoms. The first kappa shape index (κ1) is 22.0. The van der Waals surface area contributed by atoms with Crippen LogP contribution in [0.25, 0.3) is 0 Å². The van der Waals surface area contributed by atoms with Crippen LogP contribution in [0.1, 0.15) is 26.5 Å². The summed E-state index contributed by atoms with van der Waals surface area (Å²) in [6.45, 7) is 0.190. The maximum atomic E-state index is 13.9. The van der Waals surface area contributed by atoms with Crippen LogP contribution in [-0.2, 0) is 19.3 Å². The topological polar surface area (TPSA) is 64.7 Å². The van der Waals surface area contributed by atoms with Crippen molar-refractivity contribution < 1.29 is 22.4 Å². The van der Waals surface area contributed by atoms with Crippen LogP contribution in [0.5, 0.6) is 0 Å². The van der Waals surface area contributed by atoms with Crippen molar-refractivity contribution in [2.45, 2.75) is 19.3 Å². The van der Waals surface area contributed by atoms with E-state index < -0.39 is 23.6 Å². The van der Waals surface area contributed by atoms with Gasteiger partial charge >= 0.3 is 6.18 Å². The molecule has 1 amide bonds. The minimum atomic E-state index is -4.51. The highest BCUT2D eigenvalue weighted by atomic mass is 35.5. The SMILES string of the molecule is O=C(Nc1cnn(Cc2c(F)cccc2Cl)c1)c1cc(Cn2ccc(C(F)(F)F)n2)cs1. The Hall–Kier alpha value is -3.18. The van der Waals surface area contributed by atoms with Crippen LogP contribution < -0.4 is 5.32 Å². The number of benzene rings is 1. The Bertz CT molecular complexity index is 1240. The lowest BCUT2D eigenvalue weighted by atomic mass is 10.2. The molecule has 166 valence electrons. The Balaban J connectivity index is 1.39. The van der Waals surface area contributed by atoms with Crippen molar-refractivity contribution >= 4 is 34.5 Å². The zero-order valence-corrected chi connectivity index (χ0v) is 17.7. The Labute approximate surface area is 188 Å². The quantitative estimate of drug-likeness (QED) is 0.378. The number of anilines is 1. The monoisotopic (exact) mass is 483 g/mol. The van der Waals surface area contributed by atoms with E-state index in [1.807, 2.05) is 0 Å². The molecule has 0 saturated carbocycles. The van der Waals surface area contributed by atoms with Crippen molar-refractivity contribution in [1.82, 2.24) is 19.6 Å². The van der Waals surface area contributed by atoms with Crippen molar-refractivity contribution in [1.29, 1.82) is 0 Å². The third-order valence-electron chi connectivity index (χ3n) is 4.43. The average molecular weight is 484 g/mol. The van der Waals surface area contributed by atoms with E-state index in [1.165, 1.54) is 35.4 Å². The number of aromatic nitrogens is 4. The van der Waals surface area contributed by atoms with E-state index in [4.69, 9.17) is 11.6 Å². The molecule has 0 bridgehead atoms. The first-order valence-corrected chi connectivity index (χ1v) is 10.4. The smallest absolute Gasteiger partial charge is 0.319 e. The molecular formula is C20H14ClF4N5OS. The van der Waals surface area contributed by atoms with Gasteiger partial charge in [0.1, 0.15) is 5.82 Å². The number of nitrogens with one attached hydrogen (secondary N) is 1. The fourth-order valence-corrected chi connectivity index (χ4v) is 3.94. The van der Waals surface area contributed by atoms with Crippen molar-refractivity contribution in [2.24, 2.45) is 0 Å². The van der Waals surface area contributed by atoms with Crippen LogP contribution in [-0.4, -0.2) is 25.5 Å². The normalized spacial score (nSPS) is 11.7. The molecule has 0 atom stereocenters. The predicted octanol–water partition coefficient (Wildman–Crippen LogP) is 5.30. The number of nitrogens with zero attached hydrogens (tertiary/aromatic N) is 4. The fraction of sp³-hybridized carbons (Fsp3) is 0.150. The second-order valence-electron chi connectivity index (χ2n) is 6.80. The lowest BCUT2D eigenvalue weighted by Gasteiger charge is -2.05. The van der Waals surface area contributed by atoms with E-state index in [2.05, 4.69) is 15.5 Å². The summed E-state index contributed by atoms with van der Waals surface area (Å²) < 4.78 is 54.5. The number of amides is 1.